The molecule has 0 saturated carbocycles. The third-order valence-electron chi connectivity index (χ3n) is 5.35. The Balaban J connectivity index is 1.42. The molecule has 0 aliphatic carbocycles. The zero-order valence-electron chi connectivity index (χ0n) is 19.5. The topological polar surface area (TPSA) is 148 Å². The van der Waals surface area contributed by atoms with Crippen molar-refractivity contribution in [3.63, 3.8) is 0 Å². The summed E-state index contributed by atoms with van der Waals surface area (Å²) in [6.45, 7) is 4.16. The molecule has 2 aromatic carbocycles. The van der Waals surface area contributed by atoms with E-state index < -0.39 is 26.0 Å². The summed E-state index contributed by atoms with van der Waals surface area (Å²) in [6, 6.07) is 12.8. The zero-order valence-corrected chi connectivity index (χ0v) is 21.2. The van der Waals surface area contributed by atoms with Gasteiger partial charge in [-0.2, -0.15) is 4.31 Å². The number of rotatable bonds is 7. The van der Waals surface area contributed by atoms with Gasteiger partial charge in [-0.3, -0.25) is 4.79 Å². The molecule has 11 nitrogen and oxygen atoms in total. The lowest BCUT2D eigenvalue weighted by molar-refractivity contribution is -0.0440. The average Bonchev–Trinajstić information content (AvgIpc) is 2.84. The summed E-state index contributed by atoms with van der Waals surface area (Å²) in [5.41, 5.74) is 0.611. The van der Waals surface area contributed by atoms with E-state index >= 15 is 0 Å². The number of anilines is 2. The number of hydrogen-bond acceptors (Lipinski definition) is 8. The van der Waals surface area contributed by atoms with Gasteiger partial charge in [-0.15, -0.1) is 0 Å². The second-order valence-electron chi connectivity index (χ2n) is 8.26. The van der Waals surface area contributed by atoms with Crippen LogP contribution in [0.2, 0.25) is 0 Å². The molecule has 1 saturated heterocycles. The largest absolute Gasteiger partial charge is 0.373 e. The van der Waals surface area contributed by atoms with Crippen LogP contribution in [0, 0.1) is 0 Å². The van der Waals surface area contributed by atoms with Gasteiger partial charge < -0.3 is 10.1 Å². The van der Waals surface area contributed by atoms with Crippen LogP contribution in [-0.4, -0.2) is 62.3 Å². The van der Waals surface area contributed by atoms with Crippen LogP contribution in [0.5, 0.6) is 0 Å². The third kappa shape index (κ3) is 5.87. The Hall–Kier alpha value is -3.39. The maximum Gasteiger partial charge on any atom is 0.264 e. The van der Waals surface area contributed by atoms with Crippen molar-refractivity contribution in [2.75, 3.05) is 23.1 Å². The molecule has 3 aromatic rings. The van der Waals surface area contributed by atoms with Crippen LogP contribution in [0.1, 0.15) is 24.2 Å². The number of amides is 1. The minimum atomic E-state index is -3.90. The van der Waals surface area contributed by atoms with Gasteiger partial charge in [-0.05, 0) is 68.4 Å². The van der Waals surface area contributed by atoms with Crippen molar-refractivity contribution in [1.29, 1.82) is 0 Å². The Morgan fingerprint density at radius 1 is 0.889 bits per heavy atom. The van der Waals surface area contributed by atoms with E-state index in [1.54, 1.807) is 6.07 Å². The predicted octanol–water partition coefficient (Wildman–Crippen LogP) is 2.33. The highest BCUT2D eigenvalue weighted by Crippen LogP contribution is 2.22. The summed E-state index contributed by atoms with van der Waals surface area (Å²) >= 11 is 0. The van der Waals surface area contributed by atoms with Gasteiger partial charge in [0.2, 0.25) is 16.0 Å². The van der Waals surface area contributed by atoms with Crippen LogP contribution < -0.4 is 10.0 Å². The summed E-state index contributed by atoms with van der Waals surface area (Å²) in [5.74, 6) is -0.531. The van der Waals surface area contributed by atoms with Crippen molar-refractivity contribution in [1.82, 2.24) is 14.3 Å². The molecule has 36 heavy (non-hydrogen) atoms. The molecule has 0 bridgehead atoms. The molecule has 4 rings (SSSR count). The second-order valence-corrected chi connectivity index (χ2v) is 11.9. The molecule has 1 aromatic heterocycles. The molecule has 2 heterocycles. The van der Waals surface area contributed by atoms with Gasteiger partial charge >= 0.3 is 0 Å². The number of aromatic nitrogens is 2. The first kappa shape index (κ1) is 25.7. The van der Waals surface area contributed by atoms with E-state index in [-0.39, 0.29) is 46.6 Å². The van der Waals surface area contributed by atoms with Crippen molar-refractivity contribution < 1.29 is 26.4 Å². The minimum absolute atomic E-state index is 0.0331. The summed E-state index contributed by atoms with van der Waals surface area (Å²) < 4.78 is 60.2. The maximum atomic E-state index is 13.0. The smallest absolute Gasteiger partial charge is 0.264 e. The quantitative estimate of drug-likeness (QED) is 0.472. The van der Waals surface area contributed by atoms with Crippen LogP contribution in [0.3, 0.4) is 0 Å². The highest BCUT2D eigenvalue weighted by molar-refractivity contribution is 7.92. The summed E-state index contributed by atoms with van der Waals surface area (Å²) in [6.07, 6.45) is 2.40. The number of benzene rings is 2. The minimum Gasteiger partial charge on any atom is -0.373 e. The highest BCUT2D eigenvalue weighted by Gasteiger charge is 2.32. The predicted molar refractivity (Wildman–Crippen MR) is 132 cm³/mol. The van der Waals surface area contributed by atoms with E-state index in [1.807, 2.05) is 13.8 Å². The Kier molecular flexibility index (Phi) is 7.36. The van der Waals surface area contributed by atoms with E-state index in [4.69, 9.17) is 4.74 Å². The third-order valence-corrected chi connectivity index (χ3v) is 8.54. The Bertz CT molecular complexity index is 1420. The van der Waals surface area contributed by atoms with E-state index in [1.165, 1.54) is 65.2 Å². The van der Waals surface area contributed by atoms with E-state index in [0.717, 1.165) is 0 Å². The number of morpholine rings is 1. The molecule has 1 fully saturated rings. The lowest BCUT2D eigenvalue weighted by atomic mass is 10.2. The van der Waals surface area contributed by atoms with Crippen LogP contribution in [-0.2, 0) is 24.8 Å². The van der Waals surface area contributed by atoms with Crippen LogP contribution in [0.25, 0.3) is 0 Å². The Morgan fingerprint density at radius 2 is 1.44 bits per heavy atom. The Labute approximate surface area is 209 Å². The molecule has 0 radical (unpaired) electrons. The second kappa shape index (κ2) is 10.3. The standard InChI is InChI=1S/C23H25N5O6S2/c1-16-14-28(15-17(2)34-16)36(32,33)21-8-4-18(5-9-21)22(29)26-19-6-10-20(11-7-19)35(30,31)27-23-24-12-3-13-25-23/h3-13,16-17H,14-15H2,1-2H3,(H,26,29)(H,24,25,27)/t16-,17-/m0/s1. The number of hydrogen-bond donors (Lipinski definition) is 2. The monoisotopic (exact) mass is 531 g/mol. The van der Waals surface area contributed by atoms with Crippen molar-refractivity contribution in [3.8, 4) is 0 Å². The van der Waals surface area contributed by atoms with Gasteiger partial charge in [0.05, 0.1) is 22.0 Å². The Morgan fingerprint density at radius 3 is 2.03 bits per heavy atom. The summed E-state index contributed by atoms with van der Waals surface area (Å²) in [5, 5.41) is 2.66. The SMILES string of the molecule is C[C@H]1CN(S(=O)(=O)c2ccc(C(=O)Nc3ccc(S(=O)(=O)Nc4ncccn4)cc3)cc2)C[C@H](C)O1. The van der Waals surface area contributed by atoms with Gasteiger partial charge in [0.25, 0.3) is 15.9 Å². The molecular weight excluding hydrogens is 506 g/mol. The molecule has 1 aliphatic heterocycles. The summed E-state index contributed by atoms with van der Waals surface area (Å²) in [4.78, 5) is 20.4. The normalized spacial score (nSPS) is 18.9. The number of carbonyl (C=O) groups excluding carboxylic acids is 1. The fourth-order valence-electron chi connectivity index (χ4n) is 3.71. The van der Waals surface area contributed by atoms with Crippen LogP contribution in [0.4, 0.5) is 11.6 Å². The molecule has 2 atom stereocenters. The van der Waals surface area contributed by atoms with Crippen molar-refractivity contribution >= 4 is 37.6 Å². The summed E-state index contributed by atoms with van der Waals surface area (Å²) in [7, 11) is -7.62. The zero-order chi connectivity index (χ0) is 25.9. The molecule has 1 amide bonds. The average molecular weight is 532 g/mol. The number of sulfonamides is 2. The lowest BCUT2D eigenvalue weighted by Gasteiger charge is -2.34. The highest BCUT2D eigenvalue weighted by atomic mass is 32.2. The van der Waals surface area contributed by atoms with Crippen LogP contribution >= 0.6 is 0 Å². The number of carbonyl (C=O) groups is 1. The molecule has 0 unspecified atom stereocenters. The first-order valence-electron chi connectivity index (χ1n) is 11.0. The van der Waals surface area contributed by atoms with E-state index in [0.29, 0.717) is 5.69 Å². The number of nitrogens with one attached hydrogen (secondary N) is 2. The van der Waals surface area contributed by atoms with Crippen molar-refractivity contribution in [2.24, 2.45) is 0 Å². The van der Waals surface area contributed by atoms with Crippen LogP contribution in [0.15, 0.2) is 76.8 Å². The van der Waals surface area contributed by atoms with Gasteiger partial charge in [0.1, 0.15) is 0 Å². The molecule has 2 N–H and O–H groups in total. The van der Waals surface area contributed by atoms with Crippen molar-refractivity contribution in [2.45, 2.75) is 35.8 Å². The van der Waals surface area contributed by atoms with Gasteiger partial charge in [-0.1, -0.05) is 0 Å². The number of nitrogens with zero attached hydrogens (tertiary/aromatic N) is 3. The van der Waals surface area contributed by atoms with Crippen molar-refractivity contribution in [3.05, 3.63) is 72.6 Å². The van der Waals surface area contributed by atoms with Gasteiger partial charge in [0, 0.05) is 36.7 Å². The fraction of sp³-hybridized carbons (Fsp3) is 0.261. The van der Waals surface area contributed by atoms with Gasteiger partial charge in [-0.25, -0.2) is 31.5 Å². The first-order chi connectivity index (χ1) is 17.0. The van der Waals surface area contributed by atoms with Gasteiger partial charge in [0.15, 0.2) is 0 Å². The number of ether oxygens (including phenoxy) is 1. The molecule has 1 aliphatic rings. The lowest BCUT2D eigenvalue weighted by Crippen LogP contribution is -2.48. The molecular formula is C23H25N5O6S2. The first-order valence-corrected chi connectivity index (χ1v) is 13.9. The maximum absolute atomic E-state index is 13.0. The van der Waals surface area contributed by atoms with E-state index in [2.05, 4.69) is 20.0 Å². The molecule has 190 valence electrons. The fourth-order valence-corrected chi connectivity index (χ4v) is 6.25. The molecule has 13 heteroatoms. The van der Waals surface area contributed by atoms with E-state index in [9.17, 15) is 21.6 Å². The molecule has 0 spiro atoms.